The lowest BCUT2D eigenvalue weighted by Gasteiger charge is -2.36. The molecule has 14 heavy (non-hydrogen) atoms. The molecule has 1 fully saturated rings. The van der Waals surface area contributed by atoms with Crippen molar-refractivity contribution >= 4 is 5.91 Å². The SMILES string of the molecule is Cc1ccc(C(=O)N2CC(N)C2)nn1. The Morgan fingerprint density at radius 3 is 2.71 bits per heavy atom. The summed E-state index contributed by atoms with van der Waals surface area (Å²) in [5.41, 5.74) is 6.78. The van der Waals surface area contributed by atoms with E-state index >= 15 is 0 Å². The lowest BCUT2D eigenvalue weighted by Crippen LogP contribution is -2.57. The third kappa shape index (κ3) is 1.58. The molecular formula is C9H12N4O. The largest absolute Gasteiger partial charge is 0.334 e. The zero-order valence-electron chi connectivity index (χ0n) is 7.97. The van der Waals surface area contributed by atoms with Gasteiger partial charge in [0, 0.05) is 19.1 Å². The van der Waals surface area contributed by atoms with Gasteiger partial charge in [-0.3, -0.25) is 4.79 Å². The average molecular weight is 192 g/mol. The van der Waals surface area contributed by atoms with Crippen LogP contribution in [0.15, 0.2) is 12.1 Å². The van der Waals surface area contributed by atoms with Crippen LogP contribution in [0.3, 0.4) is 0 Å². The number of carbonyl (C=O) groups excluding carboxylic acids is 1. The number of likely N-dealkylation sites (tertiary alicyclic amines) is 1. The van der Waals surface area contributed by atoms with Crippen LogP contribution in [-0.2, 0) is 0 Å². The van der Waals surface area contributed by atoms with Gasteiger partial charge in [0.25, 0.3) is 5.91 Å². The van der Waals surface area contributed by atoms with Gasteiger partial charge in [-0.2, -0.15) is 5.10 Å². The molecule has 0 aromatic carbocycles. The number of aryl methyl sites for hydroxylation is 1. The van der Waals surface area contributed by atoms with Crippen LogP contribution in [0.2, 0.25) is 0 Å². The maximum absolute atomic E-state index is 11.7. The van der Waals surface area contributed by atoms with Gasteiger partial charge in [-0.05, 0) is 19.1 Å². The first kappa shape index (κ1) is 9.08. The summed E-state index contributed by atoms with van der Waals surface area (Å²) in [5.74, 6) is -0.0841. The summed E-state index contributed by atoms with van der Waals surface area (Å²) < 4.78 is 0. The molecule has 5 heteroatoms. The van der Waals surface area contributed by atoms with Crippen LogP contribution in [0.1, 0.15) is 16.2 Å². The van der Waals surface area contributed by atoms with Crippen molar-refractivity contribution in [1.82, 2.24) is 15.1 Å². The molecule has 2 N–H and O–H groups in total. The second kappa shape index (κ2) is 3.34. The fourth-order valence-electron chi connectivity index (χ4n) is 1.35. The third-order valence-electron chi connectivity index (χ3n) is 2.21. The predicted octanol–water partition coefficient (Wildman–Crippen LogP) is -0.432. The van der Waals surface area contributed by atoms with Gasteiger partial charge in [-0.15, -0.1) is 5.10 Å². The van der Waals surface area contributed by atoms with Crippen molar-refractivity contribution in [2.75, 3.05) is 13.1 Å². The minimum atomic E-state index is -0.0841. The summed E-state index contributed by atoms with van der Waals surface area (Å²) in [7, 11) is 0. The van der Waals surface area contributed by atoms with Crippen LogP contribution in [-0.4, -0.2) is 40.1 Å². The van der Waals surface area contributed by atoms with E-state index in [-0.39, 0.29) is 11.9 Å². The minimum Gasteiger partial charge on any atom is -0.334 e. The quantitative estimate of drug-likeness (QED) is 0.655. The van der Waals surface area contributed by atoms with Crippen molar-refractivity contribution in [3.63, 3.8) is 0 Å². The van der Waals surface area contributed by atoms with E-state index in [2.05, 4.69) is 10.2 Å². The Balaban J connectivity index is 2.08. The second-order valence-electron chi connectivity index (χ2n) is 3.53. The van der Waals surface area contributed by atoms with E-state index in [9.17, 15) is 4.79 Å². The first-order chi connectivity index (χ1) is 6.66. The first-order valence-electron chi connectivity index (χ1n) is 4.52. The molecule has 1 aliphatic rings. The van der Waals surface area contributed by atoms with Crippen LogP contribution in [0, 0.1) is 6.92 Å². The summed E-state index contributed by atoms with van der Waals surface area (Å²) in [6, 6.07) is 3.59. The van der Waals surface area contributed by atoms with E-state index in [0.29, 0.717) is 18.8 Å². The summed E-state index contributed by atoms with van der Waals surface area (Å²) in [4.78, 5) is 13.3. The number of amides is 1. The molecule has 2 heterocycles. The summed E-state index contributed by atoms with van der Waals surface area (Å²) in [5, 5.41) is 7.66. The summed E-state index contributed by atoms with van der Waals surface area (Å²) in [6.07, 6.45) is 0. The van der Waals surface area contributed by atoms with Crippen LogP contribution in [0.5, 0.6) is 0 Å². The van der Waals surface area contributed by atoms with Crippen molar-refractivity contribution in [3.05, 3.63) is 23.5 Å². The van der Waals surface area contributed by atoms with E-state index in [1.807, 2.05) is 6.92 Å². The molecule has 1 aliphatic heterocycles. The van der Waals surface area contributed by atoms with Crippen LogP contribution in [0.4, 0.5) is 0 Å². The topological polar surface area (TPSA) is 72.1 Å². The van der Waals surface area contributed by atoms with E-state index in [1.165, 1.54) is 0 Å². The van der Waals surface area contributed by atoms with Crippen LogP contribution >= 0.6 is 0 Å². The molecule has 74 valence electrons. The Morgan fingerprint density at radius 1 is 1.50 bits per heavy atom. The molecule has 1 amide bonds. The molecule has 1 aromatic rings. The van der Waals surface area contributed by atoms with Gasteiger partial charge in [-0.1, -0.05) is 0 Å². The summed E-state index contributed by atoms with van der Waals surface area (Å²) >= 11 is 0. The molecule has 0 aliphatic carbocycles. The van der Waals surface area contributed by atoms with E-state index < -0.39 is 0 Å². The standard InChI is InChI=1S/C9H12N4O/c1-6-2-3-8(12-11-6)9(14)13-4-7(10)5-13/h2-3,7H,4-5,10H2,1H3. The Bertz CT molecular complexity index is 342. The highest BCUT2D eigenvalue weighted by atomic mass is 16.2. The van der Waals surface area contributed by atoms with Gasteiger partial charge in [0.05, 0.1) is 5.69 Å². The highest BCUT2D eigenvalue weighted by Crippen LogP contribution is 2.09. The van der Waals surface area contributed by atoms with Gasteiger partial charge < -0.3 is 10.6 Å². The van der Waals surface area contributed by atoms with Crippen LogP contribution < -0.4 is 5.73 Å². The number of hydrogen-bond acceptors (Lipinski definition) is 4. The Labute approximate surface area is 81.9 Å². The number of rotatable bonds is 1. The van der Waals surface area contributed by atoms with Crippen molar-refractivity contribution in [2.45, 2.75) is 13.0 Å². The predicted molar refractivity (Wildman–Crippen MR) is 50.6 cm³/mol. The monoisotopic (exact) mass is 192 g/mol. The lowest BCUT2D eigenvalue weighted by atomic mass is 10.1. The fraction of sp³-hybridized carbons (Fsp3) is 0.444. The number of aromatic nitrogens is 2. The minimum absolute atomic E-state index is 0.0841. The Hall–Kier alpha value is -1.49. The number of nitrogens with two attached hydrogens (primary N) is 1. The number of hydrogen-bond donors (Lipinski definition) is 1. The zero-order chi connectivity index (χ0) is 10.1. The zero-order valence-corrected chi connectivity index (χ0v) is 7.97. The van der Waals surface area contributed by atoms with Crippen molar-refractivity contribution in [1.29, 1.82) is 0 Å². The molecule has 0 radical (unpaired) electrons. The average Bonchev–Trinajstić information content (AvgIpc) is 2.13. The lowest BCUT2D eigenvalue weighted by molar-refractivity contribution is 0.0600. The van der Waals surface area contributed by atoms with Gasteiger partial charge in [0.2, 0.25) is 0 Å². The molecule has 5 nitrogen and oxygen atoms in total. The van der Waals surface area contributed by atoms with Gasteiger partial charge in [0.15, 0.2) is 5.69 Å². The highest BCUT2D eigenvalue weighted by molar-refractivity contribution is 5.92. The van der Waals surface area contributed by atoms with Gasteiger partial charge >= 0.3 is 0 Å². The van der Waals surface area contributed by atoms with Crippen molar-refractivity contribution in [3.8, 4) is 0 Å². The third-order valence-corrected chi connectivity index (χ3v) is 2.21. The van der Waals surface area contributed by atoms with Crippen molar-refractivity contribution in [2.24, 2.45) is 5.73 Å². The molecular weight excluding hydrogens is 180 g/mol. The van der Waals surface area contributed by atoms with Gasteiger partial charge in [0.1, 0.15) is 0 Å². The molecule has 0 unspecified atom stereocenters. The van der Waals surface area contributed by atoms with E-state index in [0.717, 1.165) is 5.69 Å². The molecule has 0 spiro atoms. The normalized spacial score (nSPS) is 16.6. The molecule has 1 aromatic heterocycles. The van der Waals surface area contributed by atoms with E-state index in [4.69, 9.17) is 5.73 Å². The maximum Gasteiger partial charge on any atom is 0.274 e. The first-order valence-corrected chi connectivity index (χ1v) is 4.52. The van der Waals surface area contributed by atoms with Gasteiger partial charge in [-0.25, -0.2) is 0 Å². The van der Waals surface area contributed by atoms with Crippen LogP contribution in [0.25, 0.3) is 0 Å². The molecule has 2 rings (SSSR count). The van der Waals surface area contributed by atoms with E-state index in [1.54, 1.807) is 17.0 Å². The number of nitrogens with zero attached hydrogens (tertiary/aromatic N) is 3. The number of carbonyl (C=O) groups is 1. The summed E-state index contributed by atoms with van der Waals surface area (Å²) in [6.45, 7) is 3.07. The highest BCUT2D eigenvalue weighted by Gasteiger charge is 2.29. The molecule has 0 saturated carbocycles. The Kier molecular flexibility index (Phi) is 2.17. The fourth-order valence-corrected chi connectivity index (χ4v) is 1.35. The Morgan fingerprint density at radius 2 is 2.21 bits per heavy atom. The smallest absolute Gasteiger partial charge is 0.274 e. The second-order valence-corrected chi connectivity index (χ2v) is 3.53. The maximum atomic E-state index is 11.7. The molecule has 0 atom stereocenters. The molecule has 0 bridgehead atoms. The van der Waals surface area contributed by atoms with Crippen molar-refractivity contribution < 1.29 is 4.79 Å². The molecule has 1 saturated heterocycles.